The number of benzene rings is 3. The Morgan fingerprint density at radius 3 is 1.74 bits per heavy atom. The summed E-state index contributed by atoms with van der Waals surface area (Å²) in [5, 5.41) is 5.96. The van der Waals surface area contributed by atoms with Crippen LogP contribution >= 0.6 is 0 Å². The number of hydrogen-bond acceptors (Lipinski definition) is 18. The Hall–Kier alpha value is -3.77. The van der Waals surface area contributed by atoms with E-state index in [1.165, 1.54) is 18.1 Å². The average Bonchev–Trinajstić information content (AvgIpc) is 3.29. The predicted octanol–water partition coefficient (Wildman–Crippen LogP) is 0.327. The number of pyridine rings is 1. The molecule has 1 aliphatic heterocycles. The van der Waals surface area contributed by atoms with E-state index in [0.29, 0.717) is 44.1 Å². The van der Waals surface area contributed by atoms with Crippen molar-refractivity contribution in [3.63, 3.8) is 0 Å². The van der Waals surface area contributed by atoms with Crippen LogP contribution in [0, 0.1) is 0 Å². The Morgan fingerprint density at radius 1 is 0.609 bits per heavy atom. The van der Waals surface area contributed by atoms with Gasteiger partial charge >= 0.3 is 29.6 Å². The standard InChI is InChI=1S/C14H23N3O3S.C11H12N2O4S.C10H15NO3S.C8H11NO4S.Na/c18-21(19,20)12-4-7-15-17-10-8-16(9-11-17)13-14-5-2-1-3-6-14;14-18(15,16)7-3-6-17-11-9-4-1-2-5-10(9)12-8-13-11;12-15(13,14)8-4-7-11-9-10-5-2-1-3-6-10;10-14(11,12)6-2-5-13-8-3-1-4-9-7-8;/h1-3,5-6,15H,4,7-13H2,(H,18,19,20);1-2,4-5,8H,3,6-7H2,(H,14,15,16);1-3,5-6,11H,4,7-9H2,(H,12,13,14);1,3-4,7H,2,5-6H2,(H,10,11,12);/q;;;;+1/p-1. The fourth-order valence-electron chi connectivity index (χ4n) is 5.97. The van der Waals surface area contributed by atoms with Crippen LogP contribution in [-0.4, -0.2) is 152 Å². The van der Waals surface area contributed by atoms with Gasteiger partial charge in [0.15, 0.2) is 0 Å². The molecule has 0 atom stereocenters. The molecule has 1 saturated heterocycles. The van der Waals surface area contributed by atoms with Crippen LogP contribution in [0.3, 0.4) is 0 Å². The minimum atomic E-state index is -4.06. The van der Waals surface area contributed by atoms with Crippen LogP contribution in [0.2, 0.25) is 0 Å². The summed E-state index contributed by atoms with van der Waals surface area (Å²) in [5.74, 6) is -0.0924. The predicted molar refractivity (Wildman–Crippen MR) is 256 cm³/mol. The number of para-hydroxylation sites is 1. The Kier molecular flexibility index (Phi) is 29.3. The molecule has 1 fully saturated rings. The number of fused-ring (bicyclic) bond motifs is 1. The number of piperazine rings is 1. The van der Waals surface area contributed by atoms with Gasteiger partial charge in [0.2, 0.25) is 5.88 Å². The number of hydrazine groups is 1. The van der Waals surface area contributed by atoms with Crippen LogP contribution in [0.5, 0.6) is 11.6 Å². The van der Waals surface area contributed by atoms with Gasteiger partial charge in [0.05, 0.1) is 57.7 Å². The minimum Gasteiger partial charge on any atom is -0.748 e. The summed E-state index contributed by atoms with van der Waals surface area (Å²) >= 11 is 0. The molecule has 0 amide bonds. The van der Waals surface area contributed by atoms with E-state index in [4.69, 9.17) is 23.1 Å². The first kappa shape index (κ1) is 61.3. The van der Waals surface area contributed by atoms with Crippen molar-refractivity contribution >= 4 is 51.4 Å². The SMILES string of the molecule is O=S(=O)(O)CCCNN1CCN(Cc2ccccc2)CC1.O=S(=O)(O)CCCOc1cccnc1.O=S(=O)(O)CCCOc1ncnc2ccccc12.O=S(=O)([O-])CCCNCc1ccccc1.[Na+]. The Morgan fingerprint density at radius 2 is 1.16 bits per heavy atom. The van der Waals surface area contributed by atoms with Crippen LogP contribution < -0.4 is 49.8 Å². The van der Waals surface area contributed by atoms with E-state index in [2.05, 4.69) is 59.9 Å². The zero-order valence-corrected chi connectivity index (χ0v) is 43.7. The summed E-state index contributed by atoms with van der Waals surface area (Å²) in [5.41, 5.74) is 6.44. The van der Waals surface area contributed by atoms with Crippen molar-refractivity contribution in [2.24, 2.45) is 0 Å². The molecule has 0 aliphatic carbocycles. The summed E-state index contributed by atoms with van der Waals surface area (Å²) in [6.07, 6.45) is 5.78. The minimum absolute atomic E-state index is 0. The van der Waals surface area contributed by atoms with E-state index in [-0.39, 0.29) is 78.6 Å². The molecule has 5 aromatic rings. The van der Waals surface area contributed by atoms with Crippen LogP contribution in [0.1, 0.15) is 36.8 Å². The van der Waals surface area contributed by atoms with Crippen LogP contribution in [0.4, 0.5) is 0 Å². The number of rotatable bonds is 23. The third-order valence-corrected chi connectivity index (χ3v) is 12.4. The smallest absolute Gasteiger partial charge is 0.748 e. The van der Waals surface area contributed by atoms with Crippen LogP contribution in [-0.2, 0) is 53.6 Å². The molecular formula is C43H60N7NaO14S4. The van der Waals surface area contributed by atoms with Crippen molar-refractivity contribution in [1.82, 2.24) is 35.6 Å². The molecule has 6 rings (SSSR count). The topological polar surface area (TPSA) is 308 Å². The summed E-state index contributed by atoms with van der Waals surface area (Å²) < 4.78 is 130. The number of hydrogen-bond donors (Lipinski definition) is 5. The van der Waals surface area contributed by atoms with E-state index >= 15 is 0 Å². The maximum absolute atomic E-state index is 10.6. The largest absolute Gasteiger partial charge is 1.00 e. The van der Waals surface area contributed by atoms with Gasteiger partial charge in [-0.1, -0.05) is 72.8 Å². The number of nitrogens with one attached hydrogen (secondary N) is 2. The van der Waals surface area contributed by atoms with Crippen molar-refractivity contribution in [2.45, 2.75) is 38.8 Å². The van der Waals surface area contributed by atoms with Gasteiger partial charge in [-0.15, -0.1) is 0 Å². The molecule has 0 bridgehead atoms. The van der Waals surface area contributed by atoms with E-state index < -0.39 is 40.5 Å². The molecule has 26 heteroatoms. The van der Waals surface area contributed by atoms with Crippen LogP contribution in [0.25, 0.3) is 10.9 Å². The fraction of sp³-hybridized carbons (Fsp3) is 0.419. The number of ether oxygens (including phenoxy) is 2. The molecule has 1 aliphatic rings. The maximum Gasteiger partial charge on any atom is 1.00 e. The maximum atomic E-state index is 10.6. The summed E-state index contributed by atoms with van der Waals surface area (Å²) in [6.45, 7) is 6.98. The normalized spacial score (nSPS) is 13.3. The van der Waals surface area contributed by atoms with E-state index in [9.17, 15) is 38.2 Å². The molecule has 69 heavy (non-hydrogen) atoms. The quantitative estimate of drug-likeness (QED) is 0.0334. The monoisotopic (exact) mass is 1050 g/mol. The third kappa shape index (κ3) is 32.0. The number of aromatic nitrogens is 3. The second kappa shape index (κ2) is 33.0. The van der Waals surface area contributed by atoms with Gasteiger partial charge < -0.3 is 19.3 Å². The van der Waals surface area contributed by atoms with E-state index in [0.717, 1.165) is 49.2 Å². The summed E-state index contributed by atoms with van der Waals surface area (Å²) in [4.78, 5) is 14.3. The van der Waals surface area contributed by atoms with Gasteiger partial charge in [-0.05, 0) is 67.6 Å². The van der Waals surface area contributed by atoms with Gasteiger partial charge in [0.1, 0.15) is 12.1 Å². The van der Waals surface area contributed by atoms with Gasteiger partial charge in [0, 0.05) is 57.8 Å². The first-order valence-corrected chi connectivity index (χ1v) is 27.8. The molecule has 0 saturated carbocycles. The molecule has 0 unspecified atom stereocenters. The molecular weight excluding hydrogens is 990 g/mol. The van der Waals surface area contributed by atoms with Crippen molar-refractivity contribution in [1.29, 1.82) is 0 Å². The van der Waals surface area contributed by atoms with Crippen molar-refractivity contribution in [3.8, 4) is 11.6 Å². The van der Waals surface area contributed by atoms with Gasteiger partial charge in [-0.2, -0.15) is 25.3 Å². The van der Waals surface area contributed by atoms with Gasteiger partial charge in [-0.3, -0.25) is 29.0 Å². The zero-order chi connectivity index (χ0) is 49.7. The molecule has 0 radical (unpaired) electrons. The van der Waals surface area contributed by atoms with Crippen molar-refractivity contribution in [3.05, 3.63) is 127 Å². The van der Waals surface area contributed by atoms with Gasteiger partial charge in [0.25, 0.3) is 30.4 Å². The molecule has 3 aromatic carbocycles. The average molecular weight is 1050 g/mol. The number of nitrogens with zero attached hydrogens (tertiary/aromatic N) is 5. The van der Waals surface area contributed by atoms with E-state index in [1.54, 1.807) is 18.3 Å². The van der Waals surface area contributed by atoms with Crippen molar-refractivity contribution < 1.29 is 90.9 Å². The van der Waals surface area contributed by atoms with Gasteiger partial charge in [-0.25, -0.2) is 23.4 Å². The van der Waals surface area contributed by atoms with Crippen LogP contribution in [0.15, 0.2) is 116 Å². The molecule has 0 spiro atoms. The second-order valence-corrected chi connectivity index (χ2v) is 21.2. The first-order valence-electron chi connectivity index (χ1n) is 21.4. The fourth-order valence-corrected chi connectivity index (χ4v) is 7.94. The Bertz CT molecular complexity index is 2620. The molecule has 21 nitrogen and oxygen atoms in total. The Labute approximate surface area is 427 Å². The molecule has 5 N–H and O–H groups in total. The molecule has 3 heterocycles. The molecule has 2 aromatic heterocycles. The van der Waals surface area contributed by atoms with E-state index in [1.807, 2.05) is 60.7 Å². The summed E-state index contributed by atoms with van der Waals surface area (Å²) in [7, 11) is -15.7. The first-order chi connectivity index (χ1) is 32.2. The Balaban J connectivity index is 0.000000318. The molecule has 376 valence electrons. The zero-order valence-electron chi connectivity index (χ0n) is 38.4. The summed E-state index contributed by atoms with van der Waals surface area (Å²) in [6, 6.07) is 31.0. The second-order valence-electron chi connectivity index (χ2n) is 14.9. The van der Waals surface area contributed by atoms with Crippen molar-refractivity contribution in [2.75, 3.05) is 75.5 Å². The third-order valence-electron chi connectivity index (χ3n) is 9.20.